The van der Waals surface area contributed by atoms with Crippen molar-refractivity contribution in [2.75, 3.05) is 13.7 Å². The molecule has 0 aromatic heterocycles. The van der Waals surface area contributed by atoms with Crippen molar-refractivity contribution in [2.45, 2.75) is 71.1 Å². The Labute approximate surface area is 169 Å². The maximum Gasteiger partial charge on any atom is 0.133 e. The van der Waals surface area contributed by atoms with Crippen LogP contribution in [0.3, 0.4) is 0 Å². The van der Waals surface area contributed by atoms with E-state index in [1.807, 2.05) is 6.07 Å². The number of benzene rings is 1. The first-order valence-corrected chi connectivity index (χ1v) is 11.0. The van der Waals surface area contributed by atoms with Gasteiger partial charge in [-0.15, -0.1) is 0 Å². The number of unbranched alkanes of at least 4 members (excludes halogenated alkanes) is 9. The molecule has 23 heavy (non-hydrogen) atoms. The quantitative estimate of drug-likeness (QED) is 0.193. The van der Waals surface area contributed by atoms with Gasteiger partial charge in [0.25, 0.3) is 0 Å². The summed E-state index contributed by atoms with van der Waals surface area (Å²) in [6.45, 7) is 3.09. The Balaban J connectivity index is 2.06. The molecule has 0 N–H and O–H groups in total. The van der Waals surface area contributed by atoms with Crippen molar-refractivity contribution in [3.05, 3.63) is 19.3 Å². The minimum Gasteiger partial charge on any atom is -0.496 e. The number of hydrogen-bond donors (Lipinski definition) is 0. The topological polar surface area (TPSA) is 18.5 Å². The van der Waals surface area contributed by atoms with Gasteiger partial charge in [0.1, 0.15) is 11.5 Å². The standard InChI is InChI=1S/C19H30I2O2/c1-3-4-5-6-7-8-9-10-11-12-13-23-19-15-16(20)18(22-2)14-17(19)21/h14-15H,3-13H2,1-2H3. The molecule has 0 unspecified atom stereocenters. The number of hydrogen-bond acceptors (Lipinski definition) is 2. The zero-order valence-corrected chi connectivity index (χ0v) is 18.8. The predicted octanol–water partition coefficient (Wildman–Crippen LogP) is 7.20. The third-order valence-electron chi connectivity index (χ3n) is 3.96. The molecule has 0 saturated heterocycles. The summed E-state index contributed by atoms with van der Waals surface area (Å²) < 4.78 is 13.5. The second-order valence-electron chi connectivity index (χ2n) is 5.95. The maximum absolute atomic E-state index is 5.92. The summed E-state index contributed by atoms with van der Waals surface area (Å²) >= 11 is 4.60. The molecular formula is C19H30I2O2. The summed E-state index contributed by atoms with van der Waals surface area (Å²) in [5, 5.41) is 0. The molecule has 1 rings (SSSR count). The first kappa shape index (κ1) is 21.3. The fourth-order valence-corrected chi connectivity index (χ4v) is 3.80. The third-order valence-corrected chi connectivity index (χ3v) is 5.65. The van der Waals surface area contributed by atoms with Crippen molar-refractivity contribution in [3.63, 3.8) is 0 Å². The molecule has 0 saturated carbocycles. The van der Waals surface area contributed by atoms with Gasteiger partial charge in [0.05, 0.1) is 20.9 Å². The van der Waals surface area contributed by atoms with Crippen LogP contribution in [0.1, 0.15) is 71.1 Å². The summed E-state index contributed by atoms with van der Waals surface area (Å²) in [6.07, 6.45) is 13.5. The molecule has 0 heterocycles. The van der Waals surface area contributed by atoms with Crippen LogP contribution in [-0.2, 0) is 0 Å². The van der Waals surface area contributed by atoms with Crippen LogP contribution in [0.25, 0.3) is 0 Å². The van der Waals surface area contributed by atoms with E-state index in [0.29, 0.717) is 0 Å². The fourth-order valence-electron chi connectivity index (χ4n) is 2.55. The van der Waals surface area contributed by atoms with Crippen molar-refractivity contribution >= 4 is 45.2 Å². The Hall–Kier alpha value is 0.280. The first-order chi connectivity index (χ1) is 11.2. The van der Waals surface area contributed by atoms with Gasteiger partial charge >= 0.3 is 0 Å². The summed E-state index contributed by atoms with van der Waals surface area (Å²) in [5.41, 5.74) is 0. The average molecular weight is 544 g/mol. The summed E-state index contributed by atoms with van der Waals surface area (Å²) in [4.78, 5) is 0. The van der Waals surface area contributed by atoms with Crippen LogP contribution in [0, 0.1) is 7.14 Å². The van der Waals surface area contributed by atoms with Crippen LogP contribution in [0.5, 0.6) is 11.5 Å². The fraction of sp³-hybridized carbons (Fsp3) is 0.684. The molecule has 0 aliphatic rings. The number of rotatable bonds is 13. The van der Waals surface area contributed by atoms with Crippen LogP contribution in [0.2, 0.25) is 0 Å². The van der Waals surface area contributed by atoms with Gasteiger partial charge in [0, 0.05) is 0 Å². The van der Waals surface area contributed by atoms with E-state index < -0.39 is 0 Å². The molecular weight excluding hydrogens is 514 g/mol. The van der Waals surface area contributed by atoms with E-state index in [-0.39, 0.29) is 0 Å². The Morgan fingerprint density at radius 1 is 0.739 bits per heavy atom. The van der Waals surface area contributed by atoms with Gasteiger partial charge < -0.3 is 9.47 Å². The SMILES string of the molecule is CCCCCCCCCCCCOc1cc(I)c(OC)cc1I. The van der Waals surface area contributed by atoms with Crippen LogP contribution < -0.4 is 9.47 Å². The molecule has 0 spiro atoms. The van der Waals surface area contributed by atoms with Gasteiger partial charge in [-0.05, 0) is 63.7 Å². The Kier molecular flexibility index (Phi) is 12.6. The second-order valence-corrected chi connectivity index (χ2v) is 8.27. The van der Waals surface area contributed by atoms with E-state index >= 15 is 0 Å². The molecule has 1 aromatic carbocycles. The van der Waals surface area contributed by atoms with E-state index in [9.17, 15) is 0 Å². The van der Waals surface area contributed by atoms with Gasteiger partial charge in [0.15, 0.2) is 0 Å². The second kappa shape index (κ2) is 13.6. The van der Waals surface area contributed by atoms with Gasteiger partial charge in [0.2, 0.25) is 0 Å². The van der Waals surface area contributed by atoms with Crippen molar-refractivity contribution in [3.8, 4) is 11.5 Å². The molecule has 4 heteroatoms. The highest BCUT2D eigenvalue weighted by Gasteiger charge is 2.07. The van der Waals surface area contributed by atoms with Crippen molar-refractivity contribution in [1.29, 1.82) is 0 Å². The van der Waals surface area contributed by atoms with E-state index in [1.165, 1.54) is 57.8 Å². The summed E-state index contributed by atoms with van der Waals surface area (Å²) in [5.74, 6) is 1.90. The molecule has 132 valence electrons. The molecule has 0 atom stereocenters. The number of methoxy groups -OCH3 is 1. The molecule has 0 aliphatic heterocycles. The largest absolute Gasteiger partial charge is 0.496 e. The van der Waals surface area contributed by atoms with Crippen LogP contribution in [0.4, 0.5) is 0 Å². The highest BCUT2D eigenvalue weighted by atomic mass is 127. The minimum atomic E-state index is 0.814. The average Bonchev–Trinajstić information content (AvgIpc) is 2.55. The maximum atomic E-state index is 5.92. The van der Waals surface area contributed by atoms with Crippen LogP contribution >= 0.6 is 45.2 Å². The zero-order valence-electron chi connectivity index (χ0n) is 14.5. The van der Waals surface area contributed by atoms with Crippen molar-refractivity contribution in [2.24, 2.45) is 0 Å². The molecule has 0 amide bonds. The van der Waals surface area contributed by atoms with Crippen molar-refractivity contribution < 1.29 is 9.47 Å². The van der Waals surface area contributed by atoms with E-state index in [2.05, 4.69) is 58.2 Å². The predicted molar refractivity (Wildman–Crippen MR) is 116 cm³/mol. The molecule has 2 nitrogen and oxygen atoms in total. The van der Waals surface area contributed by atoms with Crippen molar-refractivity contribution in [1.82, 2.24) is 0 Å². The smallest absolute Gasteiger partial charge is 0.133 e. The number of halogens is 2. The lowest BCUT2D eigenvalue weighted by atomic mass is 10.1. The molecule has 0 radical (unpaired) electrons. The highest BCUT2D eigenvalue weighted by molar-refractivity contribution is 14.1. The van der Waals surface area contributed by atoms with Gasteiger partial charge in [-0.1, -0.05) is 64.7 Å². The van der Waals surface area contributed by atoms with Gasteiger partial charge in [-0.3, -0.25) is 0 Å². The highest BCUT2D eigenvalue weighted by Crippen LogP contribution is 2.31. The van der Waals surface area contributed by atoms with Gasteiger partial charge in [-0.25, -0.2) is 0 Å². The number of ether oxygens (including phenoxy) is 2. The van der Waals surface area contributed by atoms with E-state index in [0.717, 1.165) is 31.7 Å². The Morgan fingerprint density at radius 2 is 1.22 bits per heavy atom. The minimum absolute atomic E-state index is 0.814. The molecule has 0 fully saturated rings. The van der Waals surface area contributed by atoms with E-state index in [4.69, 9.17) is 9.47 Å². The molecule has 0 aliphatic carbocycles. The zero-order chi connectivity index (χ0) is 16.9. The van der Waals surface area contributed by atoms with Crippen LogP contribution in [0.15, 0.2) is 12.1 Å². The molecule has 1 aromatic rings. The monoisotopic (exact) mass is 544 g/mol. The Morgan fingerprint density at radius 3 is 1.78 bits per heavy atom. The summed E-state index contributed by atoms with van der Waals surface area (Å²) in [7, 11) is 1.71. The molecule has 0 bridgehead atoms. The lowest BCUT2D eigenvalue weighted by Gasteiger charge is -2.11. The summed E-state index contributed by atoms with van der Waals surface area (Å²) in [6, 6.07) is 4.10. The first-order valence-electron chi connectivity index (χ1n) is 8.84. The van der Waals surface area contributed by atoms with Gasteiger partial charge in [-0.2, -0.15) is 0 Å². The normalized spacial score (nSPS) is 10.8. The van der Waals surface area contributed by atoms with Crippen LogP contribution in [-0.4, -0.2) is 13.7 Å². The van der Waals surface area contributed by atoms with E-state index in [1.54, 1.807) is 7.11 Å². The lowest BCUT2D eigenvalue weighted by molar-refractivity contribution is 0.301. The third kappa shape index (κ3) is 9.37. The lowest BCUT2D eigenvalue weighted by Crippen LogP contribution is -2.00. The Bertz CT molecular complexity index is 436.